The van der Waals surface area contributed by atoms with Gasteiger partial charge in [-0.1, -0.05) is 30.3 Å². The van der Waals surface area contributed by atoms with Crippen LogP contribution in [-0.4, -0.2) is 23.0 Å². The standard InChI is InChI=1S/C25H22N4O3/c1-32-21-13-7-17(8-14-21)15-23-28-22(16-24(30)29-23)25(31)27-20-11-9-19(10-12-20)26-18-5-3-2-4-6-18/h2-14,16,26H,15H2,1H3,(H,27,31)(H,28,29,30). The molecule has 0 aliphatic carbocycles. The number of anilines is 3. The summed E-state index contributed by atoms with van der Waals surface area (Å²) in [6.07, 6.45) is 0.389. The number of aromatic nitrogens is 2. The zero-order valence-electron chi connectivity index (χ0n) is 17.5. The largest absolute Gasteiger partial charge is 0.497 e. The van der Waals surface area contributed by atoms with Gasteiger partial charge in [-0.2, -0.15) is 0 Å². The summed E-state index contributed by atoms with van der Waals surface area (Å²) in [6, 6.07) is 25.7. The van der Waals surface area contributed by atoms with Crippen LogP contribution in [-0.2, 0) is 6.42 Å². The zero-order valence-corrected chi connectivity index (χ0v) is 17.5. The van der Waals surface area contributed by atoms with Crippen molar-refractivity contribution in [3.05, 3.63) is 112 Å². The van der Waals surface area contributed by atoms with E-state index in [4.69, 9.17) is 4.74 Å². The second-order valence-electron chi connectivity index (χ2n) is 7.12. The highest BCUT2D eigenvalue weighted by Gasteiger charge is 2.11. The number of hydrogen-bond acceptors (Lipinski definition) is 5. The Hall–Kier alpha value is -4.39. The lowest BCUT2D eigenvalue weighted by molar-refractivity contribution is 0.102. The van der Waals surface area contributed by atoms with E-state index in [1.807, 2.05) is 66.7 Å². The molecule has 32 heavy (non-hydrogen) atoms. The molecule has 4 rings (SSSR count). The number of carbonyl (C=O) groups excluding carboxylic acids is 1. The summed E-state index contributed by atoms with van der Waals surface area (Å²) in [4.78, 5) is 31.8. The molecule has 0 saturated heterocycles. The van der Waals surface area contributed by atoms with Crippen LogP contribution in [0.2, 0.25) is 0 Å². The molecule has 0 aliphatic rings. The molecule has 4 aromatic rings. The highest BCUT2D eigenvalue weighted by atomic mass is 16.5. The Morgan fingerprint density at radius 1 is 0.906 bits per heavy atom. The molecule has 7 nitrogen and oxygen atoms in total. The molecular formula is C25H22N4O3. The van der Waals surface area contributed by atoms with Crippen LogP contribution in [0, 0.1) is 0 Å². The summed E-state index contributed by atoms with van der Waals surface area (Å²) in [6.45, 7) is 0. The van der Waals surface area contributed by atoms with Crippen molar-refractivity contribution >= 4 is 23.0 Å². The molecule has 7 heteroatoms. The molecule has 1 aromatic heterocycles. The third-order valence-electron chi connectivity index (χ3n) is 4.76. The molecule has 0 aliphatic heterocycles. The van der Waals surface area contributed by atoms with Crippen LogP contribution in [0.25, 0.3) is 0 Å². The number of amides is 1. The minimum atomic E-state index is -0.448. The van der Waals surface area contributed by atoms with Crippen molar-refractivity contribution in [2.45, 2.75) is 6.42 Å². The molecule has 1 heterocycles. The predicted octanol–water partition coefficient (Wildman–Crippen LogP) is 4.37. The van der Waals surface area contributed by atoms with Gasteiger partial charge in [0.2, 0.25) is 0 Å². The van der Waals surface area contributed by atoms with Crippen molar-refractivity contribution in [2.75, 3.05) is 17.7 Å². The number of nitrogens with one attached hydrogen (secondary N) is 3. The van der Waals surface area contributed by atoms with Gasteiger partial charge in [-0.15, -0.1) is 0 Å². The zero-order chi connectivity index (χ0) is 22.3. The minimum Gasteiger partial charge on any atom is -0.497 e. The van der Waals surface area contributed by atoms with E-state index >= 15 is 0 Å². The molecule has 0 unspecified atom stereocenters. The molecule has 0 fully saturated rings. The first-order chi connectivity index (χ1) is 15.6. The molecule has 0 radical (unpaired) electrons. The first-order valence-electron chi connectivity index (χ1n) is 10.1. The van der Waals surface area contributed by atoms with Gasteiger partial charge in [0.25, 0.3) is 11.5 Å². The summed E-state index contributed by atoms with van der Waals surface area (Å²) in [5.41, 5.74) is 3.09. The first kappa shape index (κ1) is 20.9. The highest BCUT2D eigenvalue weighted by Crippen LogP contribution is 2.19. The van der Waals surface area contributed by atoms with Crippen LogP contribution in [0.15, 0.2) is 89.7 Å². The molecule has 160 valence electrons. The quantitative estimate of drug-likeness (QED) is 0.408. The number of methoxy groups -OCH3 is 1. The summed E-state index contributed by atoms with van der Waals surface area (Å²) in [7, 11) is 1.60. The van der Waals surface area contributed by atoms with Crippen LogP contribution in [0.1, 0.15) is 21.9 Å². The van der Waals surface area contributed by atoms with Crippen molar-refractivity contribution in [2.24, 2.45) is 0 Å². The van der Waals surface area contributed by atoms with Crippen LogP contribution >= 0.6 is 0 Å². The molecule has 0 spiro atoms. The number of hydrogen-bond donors (Lipinski definition) is 3. The van der Waals surface area contributed by atoms with Gasteiger partial charge in [0.15, 0.2) is 0 Å². The third-order valence-corrected chi connectivity index (χ3v) is 4.76. The van der Waals surface area contributed by atoms with Crippen molar-refractivity contribution < 1.29 is 9.53 Å². The van der Waals surface area contributed by atoms with Gasteiger partial charge in [-0.25, -0.2) is 4.98 Å². The van der Waals surface area contributed by atoms with Gasteiger partial charge in [-0.05, 0) is 54.1 Å². The normalized spacial score (nSPS) is 10.4. The monoisotopic (exact) mass is 426 g/mol. The molecule has 0 atom stereocenters. The fourth-order valence-corrected chi connectivity index (χ4v) is 3.17. The van der Waals surface area contributed by atoms with E-state index in [2.05, 4.69) is 20.6 Å². The molecule has 3 aromatic carbocycles. The lowest BCUT2D eigenvalue weighted by Crippen LogP contribution is -2.20. The Bertz CT molecular complexity index is 1250. The number of H-pyrrole nitrogens is 1. The van der Waals surface area contributed by atoms with Crippen LogP contribution in [0.3, 0.4) is 0 Å². The number of ether oxygens (including phenoxy) is 1. The van der Waals surface area contributed by atoms with E-state index in [9.17, 15) is 9.59 Å². The number of aromatic amines is 1. The van der Waals surface area contributed by atoms with E-state index in [1.54, 1.807) is 19.2 Å². The third kappa shape index (κ3) is 5.40. The van der Waals surface area contributed by atoms with Gasteiger partial charge >= 0.3 is 0 Å². The number of para-hydroxylation sites is 1. The molecular weight excluding hydrogens is 404 g/mol. The van der Waals surface area contributed by atoms with Crippen LogP contribution in [0.5, 0.6) is 5.75 Å². The Morgan fingerprint density at radius 2 is 1.56 bits per heavy atom. The van der Waals surface area contributed by atoms with E-state index < -0.39 is 5.91 Å². The summed E-state index contributed by atoms with van der Waals surface area (Å²) in [5, 5.41) is 6.07. The maximum absolute atomic E-state index is 12.7. The fraction of sp³-hybridized carbons (Fsp3) is 0.0800. The molecule has 0 bridgehead atoms. The smallest absolute Gasteiger partial charge is 0.274 e. The van der Waals surface area contributed by atoms with Gasteiger partial charge in [0.1, 0.15) is 17.3 Å². The first-order valence-corrected chi connectivity index (χ1v) is 10.1. The second kappa shape index (κ2) is 9.61. The lowest BCUT2D eigenvalue weighted by atomic mass is 10.1. The van der Waals surface area contributed by atoms with E-state index in [1.165, 1.54) is 6.07 Å². The topological polar surface area (TPSA) is 96.1 Å². The van der Waals surface area contributed by atoms with Crippen molar-refractivity contribution in [1.29, 1.82) is 0 Å². The number of carbonyl (C=O) groups is 1. The lowest BCUT2D eigenvalue weighted by Gasteiger charge is -2.09. The molecule has 1 amide bonds. The summed E-state index contributed by atoms with van der Waals surface area (Å²) >= 11 is 0. The summed E-state index contributed by atoms with van der Waals surface area (Å²) < 4.78 is 5.15. The van der Waals surface area contributed by atoms with E-state index in [-0.39, 0.29) is 11.3 Å². The van der Waals surface area contributed by atoms with Gasteiger partial charge < -0.3 is 20.4 Å². The Balaban J connectivity index is 1.44. The van der Waals surface area contributed by atoms with E-state index in [0.717, 1.165) is 22.7 Å². The summed E-state index contributed by atoms with van der Waals surface area (Å²) in [5.74, 6) is 0.708. The van der Waals surface area contributed by atoms with E-state index in [0.29, 0.717) is 17.9 Å². The number of rotatable bonds is 7. The average molecular weight is 426 g/mol. The van der Waals surface area contributed by atoms with Gasteiger partial charge in [-0.3, -0.25) is 9.59 Å². The van der Waals surface area contributed by atoms with Crippen molar-refractivity contribution in [3.63, 3.8) is 0 Å². The Kier molecular flexibility index (Phi) is 6.27. The molecule has 3 N–H and O–H groups in total. The van der Waals surface area contributed by atoms with Crippen molar-refractivity contribution in [3.8, 4) is 5.75 Å². The maximum Gasteiger partial charge on any atom is 0.274 e. The Labute approximate surface area is 185 Å². The van der Waals surface area contributed by atoms with Crippen LogP contribution in [0.4, 0.5) is 17.1 Å². The fourth-order valence-electron chi connectivity index (χ4n) is 3.17. The maximum atomic E-state index is 12.7. The minimum absolute atomic E-state index is 0.0590. The molecule has 0 saturated carbocycles. The van der Waals surface area contributed by atoms with Gasteiger partial charge in [0.05, 0.1) is 7.11 Å². The van der Waals surface area contributed by atoms with Gasteiger partial charge in [0, 0.05) is 29.5 Å². The number of benzene rings is 3. The SMILES string of the molecule is COc1ccc(Cc2nc(C(=O)Nc3ccc(Nc4ccccc4)cc3)cc(=O)[nH]2)cc1. The average Bonchev–Trinajstić information content (AvgIpc) is 2.81. The Morgan fingerprint density at radius 3 is 2.25 bits per heavy atom. The predicted molar refractivity (Wildman–Crippen MR) is 125 cm³/mol. The number of nitrogens with zero attached hydrogens (tertiary/aromatic N) is 1. The second-order valence-corrected chi connectivity index (χ2v) is 7.12. The van der Waals surface area contributed by atoms with Crippen LogP contribution < -0.4 is 20.9 Å². The van der Waals surface area contributed by atoms with Crippen molar-refractivity contribution in [1.82, 2.24) is 9.97 Å². The highest BCUT2D eigenvalue weighted by molar-refractivity contribution is 6.02.